The average Bonchev–Trinajstić information content (AvgIpc) is 2.65. The lowest BCUT2D eigenvalue weighted by Gasteiger charge is -2.07. The first-order valence-corrected chi connectivity index (χ1v) is 5.93. The molecule has 2 aromatic rings. The number of ether oxygens (including phenoxy) is 1. The maximum absolute atomic E-state index is 11.9. The van der Waals surface area contributed by atoms with Crippen LogP contribution in [0.4, 0.5) is 0 Å². The van der Waals surface area contributed by atoms with Crippen LogP contribution < -0.4 is 4.74 Å². The molecule has 1 aromatic heterocycles. The highest BCUT2D eigenvalue weighted by molar-refractivity contribution is 5.99. The Bertz CT molecular complexity index is 559. The Labute approximate surface area is 106 Å². The van der Waals surface area contributed by atoms with Crippen LogP contribution in [0.2, 0.25) is 0 Å². The van der Waals surface area contributed by atoms with Crippen molar-refractivity contribution in [3.05, 3.63) is 41.6 Å². The molecule has 2 rings (SSSR count). The van der Waals surface area contributed by atoms with Crippen molar-refractivity contribution < 1.29 is 9.53 Å². The molecule has 0 saturated heterocycles. The van der Waals surface area contributed by atoms with E-state index in [1.54, 1.807) is 11.7 Å². The average molecular weight is 244 g/mol. The molecule has 0 radical (unpaired) electrons. The topological polar surface area (TPSA) is 44.1 Å². The molecule has 0 aliphatic carbocycles. The van der Waals surface area contributed by atoms with Gasteiger partial charge in [-0.1, -0.05) is 25.1 Å². The Morgan fingerprint density at radius 3 is 2.61 bits per heavy atom. The number of nitrogens with zero attached hydrogens (tertiary/aromatic N) is 2. The van der Waals surface area contributed by atoms with Crippen LogP contribution in [-0.2, 0) is 7.05 Å². The summed E-state index contributed by atoms with van der Waals surface area (Å²) in [5, 5.41) is 4.25. The highest BCUT2D eigenvalue weighted by atomic mass is 16.5. The van der Waals surface area contributed by atoms with Crippen molar-refractivity contribution in [1.29, 1.82) is 0 Å². The second kappa shape index (κ2) is 5.04. The van der Waals surface area contributed by atoms with E-state index in [2.05, 4.69) is 5.10 Å². The number of rotatable bonds is 4. The van der Waals surface area contributed by atoms with E-state index in [1.807, 2.05) is 44.2 Å². The molecule has 0 saturated carbocycles. The smallest absolute Gasteiger partial charge is 0.228 e. The minimum atomic E-state index is 0.0477. The van der Waals surface area contributed by atoms with Crippen LogP contribution >= 0.6 is 0 Å². The van der Waals surface area contributed by atoms with E-state index in [0.717, 1.165) is 0 Å². The van der Waals surface area contributed by atoms with E-state index in [9.17, 15) is 4.79 Å². The van der Waals surface area contributed by atoms with E-state index in [1.165, 1.54) is 0 Å². The number of aryl methyl sites for hydroxylation is 2. The standard InChI is InChI=1S/C14H16N2O2/c1-4-12(17)13-10(2)15-16(3)14(13)18-11-8-6-5-7-9-11/h5-9H,4H2,1-3H3. The first-order chi connectivity index (χ1) is 8.63. The molecule has 0 spiro atoms. The summed E-state index contributed by atoms with van der Waals surface area (Å²) in [5.74, 6) is 1.25. The van der Waals surface area contributed by atoms with Crippen LogP contribution in [0.3, 0.4) is 0 Å². The van der Waals surface area contributed by atoms with Gasteiger partial charge >= 0.3 is 0 Å². The van der Waals surface area contributed by atoms with E-state index in [0.29, 0.717) is 29.3 Å². The summed E-state index contributed by atoms with van der Waals surface area (Å²) in [6.45, 7) is 3.65. The number of Topliss-reactive ketones (excluding diaryl/α,β-unsaturated/α-hetero) is 1. The summed E-state index contributed by atoms with van der Waals surface area (Å²) in [4.78, 5) is 11.9. The monoisotopic (exact) mass is 244 g/mol. The fraction of sp³-hybridized carbons (Fsp3) is 0.286. The van der Waals surface area contributed by atoms with Gasteiger partial charge in [-0.2, -0.15) is 5.10 Å². The normalized spacial score (nSPS) is 10.4. The summed E-state index contributed by atoms with van der Waals surface area (Å²) in [6, 6.07) is 9.39. The van der Waals surface area contributed by atoms with Crippen molar-refractivity contribution in [1.82, 2.24) is 9.78 Å². The molecule has 94 valence electrons. The molecule has 1 aromatic carbocycles. The zero-order valence-electron chi connectivity index (χ0n) is 10.8. The van der Waals surface area contributed by atoms with Crippen molar-refractivity contribution in [2.24, 2.45) is 7.05 Å². The summed E-state index contributed by atoms with van der Waals surface area (Å²) < 4.78 is 7.37. The summed E-state index contributed by atoms with van der Waals surface area (Å²) in [7, 11) is 1.78. The number of hydrogen-bond acceptors (Lipinski definition) is 3. The number of aromatic nitrogens is 2. The largest absolute Gasteiger partial charge is 0.439 e. The number of benzene rings is 1. The van der Waals surface area contributed by atoms with Crippen LogP contribution in [0.1, 0.15) is 29.4 Å². The van der Waals surface area contributed by atoms with Gasteiger partial charge in [-0.25, -0.2) is 4.68 Å². The van der Waals surface area contributed by atoms with E-state index >= 15 is 0 Å². The Balaban J connectivity index is 2.41. The highest BCUT2D eigenvalue weighted by Crippen LogP contribution is 2.27. The van der Waals surface area contributed by atoms with Gasteiger partial charge in [0.2, 0.25) is 5.88 Å². The second-order valence-electron chi connectivity index (χ2n) is 4.08. The zero-order chi connectivity index (χ0) is 13.1. The van der Waals surface area contributed by atoms with Gasteiger partial charge in [0.15, 0.2) is 5.78 Å². The SMILES string of the molecule is CCC(=O)c1c(C)nn(C)c1Oc1ccccc1. The number of ketones is 1. The van der Waals surface area contributed by atoms with Crippen molar-refractivity contribution >= 4 is 5.78 Å². The number of hydrogen-bond donors (Lipinski definition) is 0. The van der Waals surface area contributed by atoms with Crippen LogP contribution in [0.5, 0.6) is 11.6 Å². The van der Waals surface area contributed by atoms with Gasteiger partial charge in [0.1, 0.15) is 11.3 Å². The molecule has 0 aliphatic heterocycles. The molecule has 4 nitrogen and oxygen atoms in total. The molecule has 0 N–H and O–H groups in total. The predicted octanol–water partition coefficient (Wildman–Crippen LogP) is 3.11. The predicted molar refractivity (Wildman–Crippen MR) is 69.1 cm³/mol. The summed E-state index contributed by atoms with van der Waals surface area (Å²) in [6.07, 6.45) is 0.442. The van der Waals surface area contributed by atoms with Gasteiger partial charge in [0.25, 0.3) is 0 Å². The zero-order valence-corrected chi connectivity index (χ0v) is 10.8. The van der Waals surface area contributed by atoms with Gasteiger partial charge in [-0.15, -0.1) is 0 Å². The molecular formula is C14H16N2O2. The summed E-state index contributed by atoms with van der Waals surface area (Å²) >= 11 is 0. The Morgan fingerprint density at radius 2 is 2.00 bits per heavy atom. The van der Waals surface area contributed by atoms with Gasteiger partial charge < -0.3 is 4.74 Å². The van der Waals surface area contributed by atoms with Crippen LogP contribution in [-0.4, -0.2) is 15.6 Å². The first-order valence-electron chi connectivity index (χ1n) is 5.93. The Kier molecular flexibility index (Phi) is 3.46. The molecule has 0 bridgehead atoms. The van der Waals surface area contributed by atoms with Gasteiger partial charge in [0, 0.05) is 13.5 Å². The molecule has 0 fully saturated rings. The molecule has 4 heteroatoms. The quantitative estimate of drug-likeness (QED) is 0.776. The molecule has 18 heavy (non-hydrogen) atoms. The number of carbonyl (C=O) groups is 1. The van der Waals surface area contributed by atoms with E-state index in [-0.39, 0.29) is 5.78 Å². The van der Waals surface area contributed by atoms with Gasteiger partial charge in [0.05, 0.1) is 5.69 Å². The van der Waals surface area contributed by atoms with Crippen molar-refractivity contribution in [3.8, 4) is 11.6 Å². The molecule has 0 unspecified atom stereocenters. The van der Waals surface area contributed by atoms with Gasteiger partial charge in [-0.05, 0) is 19.1 Å². The molecular weight excluding hydrogens is 228 g/mol. The maximum Gasteiger partial charge on any atom is 0.228 e. The number of carbonyl (C=O) groups excluding carboxylic acids is 1. The lowest BCUT2D eigenvalue weighted by Crippen LogP contribution is -2.02. The highest BCUT2D eigenvalue weighted by Gasteiger charge is 2.20. The third-order valence-electron chi connectivity index (χ3n) is 2.73. The van der Waals surface area contributed by atoms with Crippen molar-refractivity contribution in [2.75, 3.05) is 0 Å². The summed E-state index contributed by atoms with van der Waals surface area (Å²) in [5.41, 5.74) is 1.28. The Hall–Kier alpha value is -2.10. The third kappa shape index (κ3) is 2.27. The third-order valence-corrected chi connectivity index (χ3v) is 2.73. The van der Waals surface area contributed by atoms with E-state index in [4.69, 9.17) is 4.74 Å². The van der Waals surface area contributed by atoms with E-state index < -0.39 is 0 Å². The molecule has 0 aliphatic rings. The molecule has 1 heterocycles. The molecule has 0 atom stereocenters. The lowest BCUT2D eigenvalue weighted by atomic mass is 10.1. The Morgan fingerprint density at radius 1 is 1.33 bits per heavy atom. The minimum absolute atomic E-state index is 0.0477. The maximum atomic E-state index is 11.9. The van der Waals surface area contributed by atoms with Crippen LogP contribution in [0.25, 0.3) is 0 Å². The van der Waals surface area contributed by atoms with Crippen molar-refractivity contribution in [3.63, 3.8) is 0 Å². The first kappa shape index (κ1) is 12.4. The molecule has 0 amide bonds. The fourth-order valence-corrected chi connectivity index (χ4v) is 1.85. The van der Waals surface area contributed by atoms with Crippen LogP contribution in [0, 0.1) is 6.92 Å². The number of para-hydroxylation sites is 1. The minimum Gasteiger partial charge on any atom is -0.439 e. The fourth-order valence-electron chi connectivity index (χ4n) is 1.85. The van der Waals surface area contributed by atoms with Gasteiger partial charge in [-0.3, -0.25) is 4.79 Å². The van der Waals surface area contributed by atoms with Crippen LogP contribution in [0.15, 0.2) is 30.3 Å². The lowest BCUT2D eigenvalue weighted by molar-refractivity contribution is 0.0985. The second-order valence-corrected chi connectivity index (χ2v) is 4.08. The van der Waals surface area contributed by atoms with Crippen molar-refractivity contribution in [2.45, 2.75) is 20.3 Å².